The van der Waals surface area contributed by atoms with Gasteiger partial charge in [-0.2, -0.15) is 11.8 Å². The number of benzene rings is 1. The van der Waals surface area contributed by atoms with Crippen LogP contribution in [0.5, 0.6) is 0 Å². The number of ether oxygens (including phenoxy) is 1. The van der Waals surface area contributed by atoms with Crippen LogP contribution < -0.4 is 11.5 Å². The molecule has 0 aliphatic carbocycles. The number of carbonyl (C=O) groups excluding carboxylic acids is 2. The second-order valence-electron chi connectivity index (χ2n) is 4.14. The van der Waals surface area contributed by atoms with Gasteiger partial charge in [-0.05, 0) is 24.0 Å². The lowest BCUT2D eigenvalue weighted by Crippen LogP contribution is -2.59. The molecule has 0 aliphatic heterocycles. The van der Waals surface area contributed by atoms with Gasteiger partial charge in [-0.3, -0.25) is 4.79 Å². The van der Waals surface area contributed by atoms with E-state index in [2.05, 4.69) is 0 Å². The fourth-order valence-corrected chi connectivity index (χ4v) is 1.97. The zero-order valence-electron chi connectivity index (χ0n) is 10.8. The quantitative estimate of drug-likeness (QED) is 0.566. The van der Waals surface area contributed by atoms with Gasteiger partial charge in [0.05, 0.1) is 0 Å². The van der Waals surface area contributed by atoms with Gasteiger partial charge in [-0.25, -0.2) is 4.79 Å². The summed E-state index contributed by atoms with van der Waals surface area (Å²) in [7, 11) is 0. The minimum atomic E-state index is -1.75. The molecule has 0 saturated carbocycles. The first-order valence-electron chi connectivity index (χ1n) is 5.79. The minimum Gasteiger partial charge on any atom is -0.459 e. The van der Waals surface area contributed by atoms with Crippen molar-refractivity contribution in [1.82, 2.24) is 0 Å². The second-order valence-corrected chi connectivity index (χ2v) is 5.13. The summed E-state index contributed by atoms with van der Waals surface area (Å²) in [6.45, 7) is 0.0746. The van der Waals surface area contributed by atoms with Crippen molar-refractivity contribution in [1.29, 1.82) is 0 Å². The monoisotopic (exact) mass is 282 g/mol. The lowest BCUT2D eigenvalue weighted by molar-refractivity contribution is -0.155. The number of rotatable bonds is 7. The molecule has 0 radical (unpaired) electrons. The summed E-state index contributed by atoms with van der Waals surface area (Å²) in [5, 5.41) is 0. The molecule has 1 aromatic carbocycles. The molecule has 1 aromatic rings. The van der Waals surface area contributed by atoms with Gasteiger partial charge in [0.15, 0.2) is 5.54 Å². The number of carbonyl (C=O) groups is 2. The predicted octanol–water partition coefficient (Wildman–Crippen LogP) is 0.666. The molecule has 6 heteroatoms. The van der Waals surface area contributed by atoms with Crippen LogP contribution in [0, 0.1) is 0 Å². The summed E-state index contributed by atoms with van der Waals surface area (Å²) in [4.78, 5) is 23.3. The lowest BCUT2D eigenvalue weighted by Gasteiger charge is -2.23. The van der Waals surface area contributed by atoms with Gasteiger partial charge < -0.3 is 16.2 Å². The fourth-order valence-electron chi connectivity index (χ4n) is 1.44. The summed E-state index contributed by atoms with van der Waals surface area (Å²) >= 11 is 1.48. The average Bonchev–Trinajstić information content (AvgIpc) is 2.42. The van der Waals surface area contributed by atoms with Crippen molar-refractivity contribution in [2.45, 2.75) is 18.6 Å². The molecule has 0 heterocycles. The van der Waals surface area contributed by atoms with Crippen molar-refractivity contribution in [3.8, 4) is 0 Å². The third-order valence-corrected chi connectivity index (χ3v) is 3.33. The summed E-state index contributed by atoms with van der Waals surface area (Å²) in [6, 6.07) is 9.16. The van der Waals surface area contributed by atoms with Crippen LogP contribution in [0.4, 0.5) is 0 Å². The van der Waals surface area contributed by atoms with Crippen molar-refractivity contribution in [3.63, 3.8) is 0 Å². The van der Waals surface area contributed by atoms with Crippen molar-refractivity contribution >= 4 is 23.6 Å². The molecule has 1 amide bonds. The number of primary amides is 1. The molecule has 1 unspecified atom stereocenters. The maximum absolute atomic E-state index is 11.9. The molecule has 0 aliphatic rings. The third kappa shape index (κ3) is 4.25. The van der Waals surface area contributed by atoms with Crippen LogP contribution in [0.15, 0.2) is 30.3 Å². The van der Waals surface area contributed by atoms with Gasteiger partial charge in [-0.15, -0.1) is 0 Å². The summed E-state index contributed by atoms with van der Waals surface area (Å²) in [5.41, 5.74) is 10.1. The zero-order chi connectivity index (χ0) is 14.3. The molecule has 0 fully saturated rings. The zero-order valence-corrected chi connectivity index (χ0v) is 11.6. The van der Waals surface area contributed by atoms with Crippen molar-refractivity contribution in [2.24, 2.45) is 11.5 Å². The number of esters is 1. The number of nitrogens with two attached hydrogens (primary N) is 2. The Hall–Kier alpha value is -1.53. The van der Waals surface area contributed by atoms with E-state index in [4.69, 9.17) is 16.2 Å². The van der Waals surface area contributed by atoms with Crippen LogP contribution in [-0.4, -0.2) is 29.4 Å². The Morgan fingerprint density at radius 3 is 2.47 bits per heavy atom. The number of hydrogen-bond acceptors (Lipinski definition) is 5. The van der Waals surface area contributed by atoms with Crippen LogP contribution in [-0.2, 0) is 20.9 Å². The highest BCUT2D eigenvalue weighted by atomic mass is 32.2. The van der Waals surface area contributed by atoms with E-state index in [1.807, 2.05) is 36.6 Å². The van der Waals surface area contributed by atoms with Crippen LogP contribution in [0.3, 0.4) is 0 Å². The molecule has 19 heavy (non-hydrogen) atoms. The maximum atomic E-state index is 11.9. The van der Waals surface area contributed by atoms with Crippen LogP contribution >= 0.6 is 11.8 Å². The summed E-state index contributed by atoms with van der Waals surface area (Å²) in [5.74, 6) is -1.09. The van der Waals surface area contributed by atoms with E-state index in [1.54, 1.807) is 0 Å². The normalized spacial score (nSPS) is 13.6. The fraction of sp³-hybridized carbons (Fsp3) is 0.385. The van der Waals surface area contributed by atoms with Crippen molar-refractivity contribution in [2.75, 3.05) is 12.0 Å². The molecule has 0 saturated heterocycles. The van der Waals surface area contributed by atoms with E-state index in [-0.39, 0.29) is 13.0 Å². The van der Waals surface area contributed by atoms with Gasteiger partial charge in [0.2, 0.25) is 5.91 Å². The van der Waals surface area contributed by atoms with E-state index in [9.17, 15) is 9.59 Å². The van der Waals surface area contributed by atoms with Crippen LogP contribution in [0.25, 0.3) is 0 Å². The molecule has 0 aromatic heterocycles. The Kier molecular flexibility index (Phi) is 5.85. The van der Waals surface area contributed by atoms with Crippen LogP contribution in [0.1, 0.15) is 12.0 Å². The van der Waals surface area contributed by atoms with Gasteiger partial charge in [0, 0.05) is 0 Å². The first-order valence-corrected chi connectivity index (χ1v) is 7.19. The average molecular weight is 282 g/mol. The number of amides is 1. The molecule has 1 atom stereocenters. The summed E-state index contributed by atoms with van der Waals surface area (Å²) < 4.78 is 5.08. The number of hydrogen-bond donors (Lipinski definition) is 2. The largest absolute Gasteiger partial charge is 0.459 e. The molecular formula is C13H18N2O3S. The highest BCUT2D eigenvalue weighted by molar-refractivity contribution is 7.98. The van der Waals surface area contributed by atoms with Crippen molar-refractivity contribution < 1.29 is 14.3 Å². The topological polar surface area (TPSA) is 95.4 Å². The van der Waals surface area contributed by atoms with E-state index in [1.165, 1.54) is 11.8 Å². The molecule has 5 nitrogen and oxygen atoms in total. The Bertz CT molecular complexity index is 439. The Labute approximate surface area is 116 Å². The van der Waals surface area contributed by atoms with Crippen LogP contribution in [0.2, 0.25) is 0 Å². The molecule has 0 spiro atoms. The first kappa shape index (κ1) is 15.5. The van der Waals surface area contributed by atoms with Gasteiger partial charge in [-0.1, -0.05) is 30.3 Å². The van der Waals surface area contributed by atoms with E-state index in [0.717, 1.165) is 5.56 Å². The SMILES string of the molecule is CSCCC(N)(C(N)=O)C(=O)OCc1ccccc1. The van der Waals surface area contributed by atoms with E-state index in [0.29, 0.717) is 5.75 Å². The third-order valence-electron chi connectivity index (χ3n) is 2.72. The lowest BCUT2D eigenvalue weighted by atomic mass is 9.97. The van der Waals surface area contributed by atoms with Gasteiger partial charge in [0.25, 0.3) is 0 Å². The van der Waals surface area contributed by atoms with E-state index < -0.39 is 17.4 Å². The molecule has 1 rings (SSSR count). The van der Waals surface area contributed by atoms with Gasteiger partial charge in [0.1, 0.15) is 6.61 Å². The molecular weight excluding hydrogens is 264 g/mol. The summed E-state index contributed by atoms with van der Waals surface area (Å²) in [6.07, 6.45) is 2.02. The predicted molar refractivity (Wildman–Crippen MR) is 75.3 cm³/mol. The van der Waals surface area contributed by atoms with Crippen molar-refractivity contribution in [3.05, 3.63) is 35.9 Å². The Morgan fingerprint density at radius 2 is 1.95 bits per heavy atom. The standard InChI is InChI=1S/C13H18N2O3S/c1-19-8-7-13(15,11(14)16)12(17)18-9-10-5-3-2-4-6-10/h2-6H,7-9,15H2,1H3,(H2,14,16). The smallest absolute Gasteiger partial charge is 0.336 e. The highest BCUT2D eigenvalue weighted by Gasteiger charge is 2.41. The first-order chi connectivity index (χ1) is 9.00. The minimum absolute atomic E-state index is 0.0746. The highest BCUT2D eigenvalue weighted by Crippen LogP contribution is 2.14. The van der Waals surface area contributed by atoms with E-state index >= 15 is 0 Å². The van der Waals surface area contributed by atoms with Gasteiger partial charge >= 0.3 is 5.97 Å². The molecule has 104 valence electrons. The molecule has 4 N–H and O–H groups in total. The second kappa shape index (κ2) is 7.16. The maximum Gasteiger partial charge on any atom is 0.336 e. The molecule has 0 bridgehead atoms. The Morgan fingerprint density at radius 1 is 1.32 bits per heavy atom. The number of thioether (sulfide) groups is 1. The Balaban J connectivity index is 2.65.